The van der Waals surface area contributed by atoms with Gasteiger partial charge in [-0.05, 0) is 30.7 Å². The molecule has 1 aromatic carbocycles. The Balaban J connectivity index is 2.20. The monoisotopic (exact) mass is 296 g/mol. The molecule has 20 heavy (non-hydrogen) atoms. The van der Waals surface area contributed by atoms with Crippen LogP contribution < -0.4 is 4.90 Å². The molecule has 1 saturated heterocycles. The average Bonchev–Trinajstić information content (AvgIpc) is 2.67. The third-order valence-electron chi connectivity index (χ3n) is 3.28. The summed E-state index contributed by atoms with van der Waals surface area (Å²) in [7, 11) is -4.58. The zero-order valence-corrected chi connectivity index (χ0v) is 11.7. The fourth-order valence-corrected chi connectivity index (χ4v) is 3.15. The van der Waals surface area contributed by atoms with E-state index in [2.05, 4.69) is 0 Å². The summed E-state index contributed by atoms with van der Waals surface area (Å²) < 4.78 is 34.0. The first-order chi connectivity index (χ1) is 9.30. The zero-order chi connectivity index (χ0) is 14.9. The van der Waals surface area contributed by atoms with Crippen LogP contribution in [0.2, 0.25) is 0 Å². The fraction of sp³-hybridized carbons (Fsp3) is 0.385. The van der Waals surface area contributed by atoms with Gasteiger partial charge >= 0.3 is 10.2 Å². The SMILES string of the molecule is Cc1cc(N2CC(CS(=O)(=O)F)CC2=O)ccc1C#N. The molecule has 0 saturated carbocycles. The second-order valence-corrected chi connectivity index (χ2v) is 6.30. The van der Waals surface area contributed by atoms with Gasteiger partial charge in [0.1, 0.15) is 0 Å². The summed E-state index contributed by atoms with van der Waals surface area (Å²) in [6.07, 6.45) is 0.0161. The number of anilines is 1. The molecule has 0 spiro atoms. The zero-order valence-electron chi connectivity index (χ0n) is 10.8. The molecule has 0 bridgehead atoms. The molecule has 0 radical (unpaired) electrons. The number of halogens is 1. The standard InChI is InChI=1S/C13H13FN2O3S/c1-9-4-12(3-2-11(9)6-15)16-7-10(5-13(16)17)8-20(14,18)19/h2-4,10H,5,7-8H2,1H3. The lowest BCUT2D eigenvalue weighted by Gasteiger charge is -2.17. The van der Waals surface area contributed by atoms with Gasteiger partial charge in [0.15, 0.2) is 0 Å². The van der Waals surface area contributed by atoms with Crippen molar-refractivity contribution in [1.82, 2.24) is 0 Å². The molecule has 1 aliphatic heterocycles. The number of benzene rings is 1. The van der Waals surface area contributed by atoms with Crippen molar-refractivity contribution in [3.63, 3.8) is 0 Å². The van der Waals surface area contributed by atoms with Gasteiger partial charge in [-0.1, -0.05) is 0 Å². The lowest BCUT2D eigenvalue weighted by molar-refractivity contribution is -0.117. The van der Waals surface area contributed by atoms with Gasteiger partial charge in [-0.3, -0.25) is 4.79 Å². The number of aryl methyl sites for hydroxylation is 1. The van der Waals surface area contributed by atoms with E-state index in [0.717, 1.165) is 5.56 Å². The maximum atomic E-state index is 12.7. The van der Waals surface area contributed by atoms with Gasteiger partial charge in [0.25, 0.3) is 0 Å². The van der Waals surface area contributed by atoms with E-state index >= 15 is 0 Å². The van der Waals surface area contributed by atoms with Crippen molar-refractivity contribution in [1.29, 1.82) is 5.26 Å². The minimum atomic E-state index is -4.58. The van der Waals surface area contributed by atoms with Crippen molar-refractivity contribution in [3.05, 3.63) is 29.3 Å². The highest BCUT2D eigenvalue weighted by Gasteiger charge is 2.33. The first-order valence-electron chi connectivity index (χ1n) is 6.03. The number of amides is 1. The predicted molar refractivity (Wildman–Crippen MR) is 71.2 cm³/mol. The minimum absolute atomic E-state index is 0.0161. The third kappa shape index (κ3) is 3.14. The normalized spacial score (nSPS) is 19.1. The summed E-state index contributed by atoms with van der Waals surface area (Å²) in [6, 6.07) is 6.97. The number of rotatable bonds is 3. The molecule has 1 amide bonds. The van der Waals surface area contributed by atoms with E-state index in [0.29, 0.717) is 11.3 Å². The van der Waals surface area contributed by atoms with Crippen molar-refractivity contribution in [2.75, 3.05) is 17.2 Å². The van der Waals surface area contributed by atoms with Gasteiger partial charge in [-0.15, -0.1) is 3.89 Å². The van der Waals surface area contributed by atoms with Gasteiger partial charge in [-0.25, -0.2) is 0 Å². The molecular weight excluding hydrogens is 283 g/mol. The van der Waals surface area contributed by atoms with Crippen LogP contribution in [0.3, 0.4) is 0 Å². The highest BCUT2D eigenvalue weighted by atomic mass is 32.3. The molecule has 1 heterocycles. The van der Waals surface area contributed by atoms with Gasteiger partial charge in [0.05, 0.1) is 17.4 Å². The summed E-state index contributed by atoms with van der Waals surface area (Å²) in [5, 5.41) is 8.86. The Labute approximate surface area is 116 Å². The van der Waals surface area contributed by atoms with Crippen molar-refractivity contribution < 1.29 is 17.1 Å². The number of hydrogen-bond donors (Lipinski definition) is 0. The van der Waals surface area contributed by atoms with Gasteiger partial charge in [-0.2, -0.15) is 13.7 Å². The fourth-order valence-electron chi connectivity index (χ4n) is 2.37. The smallest absolute Gasteiger partial charge is 0.302 e. The summed E-state index contributed by atoms with van der Waals surface area (Å²) in [5.41, 5.74) is 1.85. The van der Waals surface area contributed by atoms with E-state index in [1.807, 2.05) is 6.07 Å². The first-order valence-corrected chi connectivity index (χ1v) is 7.59. The highest BCUT2D eigenvalue weighted by molar-refractivity contribution is 7.86. The van der Waals surface area contributed by atoms with Crippen LogP contribution in [0.1, 0.15) is 17.5 Å². The van der Waals surface area contributed by atoms with Gasteiger partial charge < -0.3 is 4.90 Å². The summed E-state index contributed by atoms with van der Waals surface area (Å²) >= 11 is 0. The number of nitriles is 1. The topological polar surface area (TPSA) is 78.2 Å². The largest absolute Gasteiger partial charge is 0.312 e. The van der Waals surface area contributed by atoms with Crippen LogP contribution in [-0.2, 0) is 15.0 Å². The maximum Gasteiger partial charge on any atom is 0.302 e. The Bertz CT molecular complexity index is 694. The van der Waals surface area contributed by atoms with Crippen LogP contribution in [0.15, 0.2) is 18.2 Å². The number of nitrogens with zero attached hydrogens (tertiary/aromatic N) is 2. The molecule has 0 aromatic heterocycles. The number of carbonyl (C=O) groups is 1. The summed E-state index contributed by atoms with van der Waals surface area (Å²) in [5.74, 6) is -1.40. The molecule has 1 unspecified atom stereocenters. The molecule has 1 aliphatic rings. The predicted octanol–water partition coefficient (Wildman–Crippen LogP) is 1.52. The van der Waals surface area contributed by atoms with Crippen molar-refractivity contribution in [3.8, 4) is 6.07 Å². The number of hydrogen-bond acceptors (Lipinski definition) is 4. The van der Waals surface area contributed by atoms with Crippen LogP contribution >= 0.6 is 0 Å². The van der Waals surface area contributed by atoms with Crippen LogP contribution in [0.5, 0.6) is 0 Å². The molecule has 7 heteroatoms. The van der Waals surface area contributed by atoms with E-state index in [9.17, 15) is 17.1 Å². The van der Waals surface area contributed by atoms with Crippen LogP contribution in [0, 0.1) is 24.2 Å². The van der Waals surface area contributed by atoms with Gasteiger partial charge in [0.2, 0.25) is 5.91 Å². The van der Waals surface area contributed by atoms with E-state index < -0.39 is 21.9 Å². The minimum Gasteiger partial charge on any atom is -0.312 e. The Hall–Kier alpha value is -1.94. The molecule has 1 aromatic rings. The molecule has 106 valence electrons. The summed E-state index contributed by atoms with van der Waals surface area (Å²) in [6.45, 7) is 1.93. The molecule has 0 N–H and O–H groups in total. The Morgan fingerprint density at radius 2 is 2.20 bits per heavy atom. The molecule has 1 atom stereocenters. The Morgan fingerprint density at radius 1 is 1.50 bits per heavy atom. The average molecular weight is 296 g/mol. The molecule has 1 fully saturated rings. The van der Waals surface area contributed by atoms with Gasteiger partial charge in [0, 0.05) is 24.6 Å². The quantitative estimate of drug-likeness (QED) is 0.792. The lowest BCUT2D eigenvalue weighted by atomic mass is 10.1. The van der Waals surface area contributed by atoms with Crippen LogP contribution in [0.25, 0.3) is 0 Å². The highest BCUT2D eigenvalue weighted by Crippen LogP contribution is 2.27. The third-order valence-corrected chi connectivity index (χ3v) is 4.15. The van der Waals surface area contributed by atoms with Crippen molar-refractivity contribution in [2.24, 2.45) is 5.92 Å². The molecule has 2 rings (SSSR count). The van der Waals surface area contributed by atoms with Crippen molar-refractivity contribution >= 4 is 21.8 Å². The second kappa shape index (κ2) is 5.21. The Morgan fingerprint density at radius 3 is 2.75 bits per heavy atom. The van der Waals surface area contributed by atoms with Crippen LogP contribution in [-0.4, -0.2) is 26.6 Å². The molecule has 5 nitrogen and oxygen atoms in total. The second-order valence-electron chi connectivity index (χ2n) is 4.89. The Kier molecular flexibility index (Phi) is 3.77. The first kappa shape index (κ1) is 14.5. The van der Waals surface area contributed by atoms with E-state index in [4.69, 9.17) is 5.26 Å². The maximum absolute atomic E-state index is 12.7. The van der Waals surface area contributed by atoms with E-state index in [1.165, 1.54) is 4.90 Å². The summed E-state index contributed by atoms with van der Waals surface area (Å²) in [4.78, 5) is 13.3. The number of carbonyl (C=O) groups excluding carboxylic acids is 1. The van der Waals surface area contributed by atoms with Crippen LogP contribution in [0.4, 0.5) is 9.57 Å². The van der Waals surface area contributed by atoms with E-state index in [1.54, 1.807) is 25.1 Å². The van der Waals surface area contributed by atoms with Crippen molar-refractivity contribution in [2.45, 2.75) is 13.3 Å². The molecule has 0 aliphatic carbocycles. The lowest BCUT2D eigenvalue weighted by Crippen LogP contribution is -2.25. The van der Waals surface area contributed by atoms with E-state index in [-0.39, 0.29) is 18.9 Å². The molecular formula is C13H13FN2O3S.